The lowest BCUT2D eigenvalue weighted by molar-refractivity contribution is -0.137. The van der Waals surface area contributed by atoms with Crippen molar-refractivity contribution in [1.82, 2.24) is 4.90 Å². The molecule has 0 spiro atoms. The van der Waals surface area contributed by atoms with Crippen molar-refractivity contribution in [1.29, 1.82) is 0 Å². The van der Waals surface area contributed by atoms with Crippen molar-refractivity contribution >= 4 is 29.7 Å². The second-order valence-electron chi connectivity index (χ2n) is 5.33. The van der Waals surface area contributed by atoms with Crippen LogP contribution in [0.15, 0.2) is 24.0 Å². The molecule has 1 aliphatic heterocycles. The number of imide groups is 1. The SMILES string of the molecule is CN(CCO)c1ccc(/C=C2\OC(=O)N(CCC(=O)O)C2=O)c(F)c1. The molecule has 1 aromatic rings. The van der Waals surface area contributed by atoms with Gasteiger partial charge >= 0.3 is 12.1 Å². The van der Waals surface area contributed by atoms with Gasteiger partial charge in [0.05, 0.1) is 13.0 Å². The van der Waals surface area contributed by atoms with E-state index in [0.717, 1.165) is 6.08 Å². The van der Waals surface area contributed by atoms with Gasteiger partial charge in [-0.2, -0.15) is 0 Å². The van der Waals surface area contributed by atoms with E-state index >= 15 is 0 Å². The summed E-state index contributed by atoms with van der Waals surface area (Å²) in [6, 6.07) is 4.23. The van der Waals surface area contributed by atoms with Crippen LogP contribution in [0.5, 0.6) is 0 Å². The summed E-state index contributed by atoms with van der Waals surface area (Å²) in [7, 11) is 1.69. The summed E-state index contributed by atoms with van der Waals surface area (Å²) in [5.74, 6) is -2.98. The predicted octanol–water partition coefficient (Wildman–Crippen LogP) is 1.05. The van der Waals surface area contributed by atoms with Gasteiger partial charge in [0.15, 0.2) is 5.76 Å². The molecular weight excluding hydrogens is 335 g/mol. The minimum atomic E-state index is -1.16. The van der Waals surface area contributed by atoms with Gasteiger partial charge in [0, 0.05) is 31.4 Å². The molecule has 0 aromatic heterocycles. The molecule has 2 N–H and O–H groups in total. The molecule has 0 radical (unpaired) electrons. The first kappa shape index (κ1) is 18.4. The van der Waals surface area contributed by atoms with Gasteiger partial charge in [-0.15, -0.1) is 0 Å². The van der Waals surface area contributed by atoms with Gasteiger partial charge in [0.2, 0.25) is 0 Å². The van der Waals surface area contributed by atoms with E-state index in [1.165, 1.54) is 12.1 Å². The second-order valence-corrected chi connectivity index (χ2v) is 5.33. The Labute approximate surface area is 142 Å². The van der Waals surface area contributed by atoms with Crippen LogP contribution in [0, 0.1) is 5.82 Å². The van der Waals surface area contributed by atoms with Crippen molar-refractivity contribution < 1.29 is 33.7 Å². The number of cyclic esters (lactones) is 1. The maximum Gasteiger partial charge on any atom is 0.422 e. The zero-order chi connectivity index (χ0) is 18.6. The Morgan fingerprint density at radius 3 is 2.72 bits per heavy atom. The number of aliphatic hydroxyl groups excluding tert-OH is 1. The standard InChI is InChI=1S/C16H17FN2O6/c1-18(6-7-20)11-3-2-10(12(17)9-11)8-13-15(23)19(16(24)25-13)5-4-14(21)22/h2-3,8-9,20H,4-7H2,1H3,(H,21,22)/b13-8-. The van der Waals surface area contributed by atoms with Crippen LogP contribution < -0.4 is 4.90 Å². The van der Waals surface area contributed by atoms with Crippen LogP contribution in [0.3, 0.4) is 0 Å². The highest BCUT2D eigenvalue weighted by atomic mass is 19.1. The molecule has 25 heavy (non-hydrogen) atoms. The van der Waals surface area contributed by atoms with Gasteiger partial charge < -0.3 is 19.8 Å². The quantitative estimate of drug-likeness (QED) is 0.706. The summed E-state index contributed by atoms with van der Waals surface area (Å²) in [6.45, 7) is -0.0766. The maximum absolute atomic E-state index is 14.2. The number of hydrogen-bond acceptors (Lipinski definition) is 6. The van der Waals surface area contributed by atoms with Crippen molar-refractivity contribution in [2.24, 2.45) is 0 Å². The Balaban J connectivity index is 2.18. The lowest BCUT2D eigenvalue weighted by Gasteiger charge is -2.18. The number of carbonyl (C=O) groups excluding carboxylic acids is 2. The minimum absolute atomic E-state index is 0.0392. The Morgan fingerprint density at radius 2 is 2.12 bits per heavy atom. The number of carboxylic acid groups (broad SMARTS) is 1. The molecule has 1 saturated heterocycles. The fraction of sp³-hybridized carbons (Fsp3) is 0.312. The fourth-order valence-electron chi connectivity index (χ4n) is 2.19. The molecule has 9 heteroatoms. The first-order valence-electron chi connectivity index (χ1n) is 7.42. The Morgan fingerprint density at radius 1 is 1.40 bits per heavy atom. The number of rotatable bonds is 7. The highest BCUT2D eigenvalue weighted by molar-refractivity contribution is 6.10. The van der Waals surface area contributed by atoms with E-state index in [-0.39, 0.29) is 24.5 Å². The number of carbonyl (C=O) groups is 3. The smallest absolute Gasteiger partial charge is 0.422 e. The summed E-state index contributed by atoms with van der Waals surface area (Å²) in [5.41, 5.74) is 0.573. The van der Waals surface area contributed by atoms with Crippen LogP contribution >= 0.6 is 0 Å². The molecule has 0 atom stereocenters. The highest BCUT2D eigenvalue weighted by Crippen LogP contribution is 2.23. The lowest BCUT2D eigenvalue weighted by atomic mass is 10.1. The minimum Gasteiger partial charge on any atom is -0.481 e. The van der Waals surface area contributed by atoms with Gasteiger partial charge in [-0.3, -0.25) is 9.59 Å². The van der Waals surface area contributed by atoms with E-state index < -0.39 is 30.2 Å². The molecule has 1 heterocycles. The van der Waals surface area contributed by atoms with Crippen LogP contribution in [0.1, 0.15) is 12.0 Å². The molecule has 0 unspecified atom stereocenters. The van der Waals surface area contributed by atoms with E-state index in [2.05, 4.69) is 0 Å². The molecular formula is C16H17FN2O6. The molecule has 1 aromatic carbocycles. The zero-order valence-electron chi connectivity index (χ0n) is 13.4. The third kappa shape index (κ3) is 4.32. The molecule has 134 valence electrons. The average molecular weight is 352 g/mol. The number of halogens is 1. The summed E-state index contributed by atoms with van der Waals surface area (Å²) < 4.78 is 19.0. The zero-order valence-corrected chi connectivity index (χ0v) is 13.4. The molecule has 1 aliphatic rings. The molecule has 8 nitrogen and oxygen atoms in total. The first-order valence-corrected chi connectivity index (χ1v) is 7.42. The number of carboxylic acids is 1. The van der Waals surface area contributed by atoms with Crippen molar-refractivity contribution in [3.63, 3.8) is 0 Å². The summed E-state index contributed by atoms with van der Waals surface area (Å²) in [6.07, 6.45) is -0.308. The fourth-order valence-corrected chi connectivity index (χ4v) is 2.19. The molecule has 2 amide bonds. The number of anilines is 1. The Kier molecular flexibility index (Phi) is 5.71. The van der Waals surface area contributed by atoms with E-state index in [1.54, 1.807) is 18.0 Å². The first-order chi connectivity index (χ1) is 11.8. The monoisotopic (exact) mass is 352 g/mol. The van der Waals surface area contributed by atoms with E-state index in [9.17, 15) is 18.8 Å². The predicted molar refractivity (Wildman–Crippen MR) is 85.2 cm³/mol. The number of aliphatic hydroxyl groups is 1. The summed E-state index contributed by atoms with van der Waals surface area (Å²) in [5, 5.41) is 17.5. The van der Waals surface area contributed by atoms with Gasteiger partial charge in [0.1, 0.15) is 5.82 Å². The summed E-state index contributed by atoms with van der Waals surface area (Å²) in [4.78, 5) is 36.5. The van der Waals surface area contributed by atoms with Crippen molar-refractivity contribution in [2.75, 3.05) is 31.6 Å². The Bertz CT molecular complexity index is 733. The van der Waals surface area contributed by atoms with E-state index in [4.69, 9.17) is 14.9 Å². The largest absolute Gasteiger partial charge is 0.481 e. The number of aliphatic carboxylic acids is 1. The third-order valence-corrected chi connectivity index (χ3v) is 3.57. The van der Waals surface area contributed by atoms with E-state index in [1.807, 2.05) is 0 Å². The van der Waals surface area contributed by atoms with Gasteiger partial charge in [-0.1, -0.05) is 0 Å². The van der Waals surface area contributed by atoms with Crippen LogP contribution in [-0.2, 0) is 14.3 Å². The lowest BCUT2D eigenvalue weighted by Crippen LogP contribution is -2.30. The van der Waals surface area contributed by atoms with Gasteiger partial charge in [-0.25, -0.2) is 14.1 Å². The summed E-state index contributed by atoms with van der Waals surface area (Å²) >= 11 is 0. The Hall–Kier alpha value is -2.94. The highest BCUT2D eigenvalue weighted by Gasteiger charge is 2.36. The topological polar surface area (TPSA) is 107 Å². The van der Waals surface area contributed by atoms with Crippen LogP contribution in [0.25, 0.3) is 6.08 Å². The molecule has 0 saturated carbocycles. The van der Waals surface area contributed by atoms with Gasteiger partial charge in [0.25, 0.3) is 5.91 Å². The van der Waals surface area contributed by atoms with Crippen LogP contribution in [0.4, 0.5) is 14.9 Å². The molecule has 0 aliphatic carbocycles. The van der Waals surface area contributed by atoms with Gasteiger partial charge in [-0.05, 0) is 24.3 Å². The molecule has 1 fully saturated rings. The second kappa shape index (κ2) is 7.75. The van der Waals surface area contributed by atoms with Crippen molar-refractivity contribution in [3.05, 3.63) is 35.3 Å². The number of likely N-dealkylation sites (N-methyl/N-ethyl adjacent to an activating group) is 1. The third-order valence-electron chi connectivity index (χ3n) is 3.57. The number of nitrogens with zero attached hydrogens (tertiary/aromatic N) is 2. The number of benzene rings is 1. The van der Waals surface area contributed by atoms with E-state index in [0.29, 0.717) is 17.1 Å². The maximum atomic E-state index is 14.2. The number of ether oxygens (including phenoxy) is 1. The van der Waals surface area contributed by atoms with Crippen LogP contribution in [-0.4, -0.2) is 59.8 Å². The molecule has 0 bridgehead atoms. The molecule has 2 rings (SSSR count). The normalized spacial score (nSPS) is 15.6. The van der Waals surface area contributed by atoms with Crippen LogP contribution in [0.2, 0.25) is 0 Å². The number of hydrogen-bond donors (Lipinski definition) is 2. The van der Waals surface area contributed by atoms with Crippen molar-refractivity contribution in [3.8, 4) is 0 Å². The number of amides is 2. The van der Waals surface area contributed by atoms with Crippen molar-refractivity contribution in [2.45, 2.75) is 6.42 Å². The average Bonchev–Trinajstić information content (AvgIpc) is 2.81.